The second kappa shape index (κ2) is 7.45. The molecule has 0 spiro atoms. The predicted octanol–water partition coefficient (Wildman–Crippen LogP) is 3.83. The Bertz CT molecular complexity index is 546. The predicted molar refractivity (Wildman–Crippen MR) is 98.8 cm³/mol. The summed E-state index contributed by atoms with van der Waals surface area (Å²) in [7, 11) is 0. The van der Waals surface area contributed by atoms with Gasteiger partial charge in [-0.15, -0.1) is 12.4 Å². The summed E-state index contributed by atoms with van der Waals surface area (Å²) in [6.45, 7) is 0. The van der Waals surface area contributed by atoms with Crippen molar-refractivity contribution in [3.05, 3.63) is 35.9 Å². The number of hydrogen-bond acceptors (Lipinski definition) is 2. The second-order valence-corrected chi connectivity index (χ2v) is 7.93. The lowest BCUT2D eigenvalue weighted by Gasteiger charge is -2.43. The Labute approximate surface area is 151 Å². The highest BCUT2D eigenvalue weighted by Crippen LogP contribution is 2.44. The monoisotopic (exact) mass is 348 g/mol. The molecular weight excluding hydrogens is 320 g/mol. The largest absolute Gasteiger partial charge is 0.349 e. The van der Waals surface area contributed by atoms with Crippen molar-refractivity contribution < 1.29 is 4.79 Å². The van der Waals surface area contributed by atoms with E-state index in [9.17, 15) is 4.79 Å². The summed E-state index contributed by atoms with van der Waals surface area (Å²) >= 11 is 0. The van der Waals surface area contributed by atoms with Crippen LogP contribution >= 0.6 is 12.4 Å². The molecule has 0 saturated heterocycles. The highest BCUT2D eigenvalue weighted by molar-refractivity contribution is 5.85. The molecular formula is C20H29ClN2O. The number of benzene rings is 1. The van der Waals surface area contributed by atoms with Gasteiger partial charge in [0.1, 0.15) is 0 Å². The van der Waals surface area contributed by atoms with Crippen molar-refractivity contribution in [3.8, 4) is 0 Å². The average Bonchev–Trinajstić information content (AvgIpc) is 3.37. The molecule has 24 heavy (non-hydrogen) atoms. The van der Waals surface area contributed by atoms with Crippen molar-refractivity contribution in [2.24, 2.45) is 29.4 Å². The molecule has 3 saturated carbocycles. The Morgan fingerprint density at radius 1 is 1.04 bits per heavy atom. The SMILES string of the molecule is Cl.NC1C2CCCC1CC(C(=O)NC(c1ccccc1)C1CC1)C2. The lowest BCUT2D eigenvalue weighted by Crippen LogP contribution is -2.49. The summed E-state index contributed by atoms with van der Waals surface area (Å²) in [5.41, 5.74) is 7.63. The number of fused-ring (bicyclic) bond motifs is 2. The van der Waals surface area contributed by atoms with E-state index in [1.807, 2.05) is 6.07 Å². The lowest BCUT2D eigenvalue weighted by atomic mass is 9.65. The highest BCUT2D eigenvalue weighted by atomic mass is 35.5. The fraction of sp³-hybridized carbons (Fsp3) is 0.650. The quantitative estimate of drug-likeness (QED) is 0.868. The minimum atomic E-state index is 0. The Morgan fingerprint density at radius 2 is 1.67 bits per heavy atom. The maximum absolute atomic E-state index is 12.9. The maximum atomic E-state index is 12.9. The first kappa shape index (κ1) is 17.8. The molecule has 3 N–H and O–H groups in total. The Hall–Kier alpha value is -1.06. The molecule has 2 bridgehead atoms. The number of halogens is 1. The van der Waals surface area contributed by atoms with Gasteiger partial charge in [-0.05, 0) is 61.8 Å². The van der Waals surface area contributed by atoms with Gasteiger partial charge in [0.2, 0.25) is 5.91 Å². The zero-order chi connectivity index (χ0) is 15.8. The standard InChI is InChI=1S/C20H28N2O.ClH/c21-18-15-7-4-8-16(18)12-17(11-15)20(23)22-19(14-9-10-14)13-5-2-1-3-6-13;/h1-3,5-6,14-19H,4,7-12,21H2,(H,22,23);1H. The van der Waals surface area contributed by atoms with E-state index in [4.69, 9.17) is 5.73 Å². The van der Waals surface area contributed by atoms with Gasteiger partial charge >= 0.3 is 0 Å². The van der Waals surface area contributed by atoms with Gasteiger partial charge < -0.3 is 11.1 Å². The first-order valence-corrected chi connectivity index (χ1v) is 9.33. The fourth-order valence-electron chi connectivity index (χ4n) is 4.84. The van der Waals surface area contributed by atoms with Crippen LogP contribution in [0.15, 0.2) is 30.3 Å². The van der Waals surface area contributed by atoms with Crippen LogP contribution in [0, 0.1) is 23.7 Å². The van der Waals surface area contributed by atoms with Crippen molar-refractivity contribution in [1.29, 1.82) is 0 Å². The van der Waals surface area contributed by atoms with E-state index in [0.717, 1.165) is 12.8 Å². The van der Waals surface area contributed by atoms with E-state index >= 15 is 0 Å². The molecule has 1 amide bonds. The molecule has 4 heteroatoms. The molecule has 3 aliphatic rings. The molecule has 0 heterocycles. The number of nitrogens with two attached hydrogens (primary N) is 1. The highest BCUT2D eigenvalue weighted by Gasteiger charge is 2.42. The Balaban J connectivity index is 0.00000169. The Kier molecular flexibility index (Phi) is 5.51. The number of amides is 1. The van der Waals surface area contributed by atoms with Gasteiger partial charge in [0.05, 0.1) is 6.04 Å². The number of carbonyl (C=O) groups is 1. The normalized spacial score (nSPS) is 33.2. The molecule has 0 radical (unpaired) electrons. The molecule has 3 atom stereocenters. The smallest absolute Gasteiger partial charge is 0.223 e. The zero-order valence-electron chi connectivity index (χ0n) is 14.2. The summed E-state index contributed by atoms with van der Waals surface area (Å²) < 4.78 is 0. The lowest BCUT2D eigenvalue weighted by molar-refractivity contribution is -0.128. The van der Waals surface area contributed by atoms with Gasteiger partial charge in [-0.1, -0.05) is 36.8 Å². The molecule has 0 aliphatic heterocycles. The molecule has 132 valence electrons. The van der Waals surface area contributed by atoms with E-state index in [-0.39, 0.29) is 30.3 Å². The van der Waals surface area contributed by atoms with Gasteiger partial charge in [0, 0.05) is 12.0 Å². The number of rotatable bonds is 4. The summed E-state index contributed by atoms with van der Waals surface area (Å²) in [5, 5.41) is 3.39. The van der Waals surface area contributed by atoms with Gasteiger partial charge in [0.15, 0.2) is 0 Å². The molecule has 3 aliphatic carbocycles. The first-order chi connectivity index (χ1) is 11.2. The zero-order valence-corrected chi connectivity index (χ0v) is 15.0. The Morgan fingerprint density at radius 3 is 2.25 bits per heavy atom. The van der Waals surface area contributed by atoms with Crippen LogP contribution in [0.5, 0.6) is 0 Å². The molecule has 1 aromatic rings. The van der Waals surface area contributed by atoms with Gasteiger partial charge in [-0.2, -0.15) is 0 Å². The van der Waals surface area contributed by atoms with E-state index < -0.39 is 0 Å². The van der Waals surface area contributed by atoms with E-state index in [2.05, 4.69) is 29.6 Å². The summed E-state index contributed by atoms with van der Waals surface area (Å²) in [5.74, 6) is 2.21. The second-order valence-electron chi connectivity index (χ2n) is 7.93. The minimum absolute atomic E-state index is 0. The minimum Gasteiger partial charge on any atom is -0.349 e. The molecule has 4 rings (SSSR count). The third kappa shape index (κ3) is 3.62. The number of hydrogen-bond donors (Lipinski definition) is 2. The van der Waals surface area contributed by atoms with Crippen LogP contribution in [0.4, 0.5) is 0 Å². The third-order valence-electron chi connectivity index (χ3n) is 6.33. The molecule has 0 aromatic heterocycles. The van der Waals surface area contributed by atoms with E-state index in [1.165, 1.54) is 37.7 Å². The van der Waals surface area contributed by atoms with E-state index in [0.29, 0.717) is 23.8 Å². The summed E-state index contributed by atoms with van der Waals surface area (Å²) in [6, 6.07) is 11.0. The number of nitrogens with one attached hydrogen (secondary N) is 1. The topological polar surface area (TPSA) is 55.1 Å². The van der Waals surface area contributed by atoms with Gasteiger partial charge in [0.25, 0.3) is 0 Å². The van der Waals surface area contributed by atoms with Crippen LogP contribution in [0.2, 0.25) is 0 Å². The van der Waals surface area contributed by atoms with Crippen molar-refractivity contribution in [1.82, 2.24) is 5.32 Å². The van der Waals surface area contributed by atoms with Crippen molar-refractivity contribution in [2.45, 2.75) is 57.0 Å². The van der Waals surface area contributed by atoms with Gasteiger partial charge in [-0.25, -0.2) is 0 Å². The van der Waals surface area contributed by atoms with Crippen molar-refractivity contribution in [3.63, 3.8) is 0 Å². The molecule has 3 fully saturated rings. The molecule has 3 unspecified atom stereocenters. The maximum Gasteiger partial charge on any atom is 0.223 e. The first-order valence-electron chi connectivity index (χ1n) is 9.33. The third-order valence-corrected chi connectivity index (χ3v) is 6.33. The van der Waals surface area contributed by atoms with E-state index in [1.54, 1.807) is 0 Å². The van der Waals surface area contributed by atoms with Gasteiger partial charge in [-0.3, -0.25) is 4.79 Å². The summed E-state index contributed by atoms with van der Waals surface area (Å²) in [6.07, 6.45) is 8.19. The number of carbonyl (C=O) groups excluding carboxylic acids is 1. The van der Waals surface area contributed by atoms with Crippen LogP contribution in [-0.4, -0.2) is 11.9 Å². The average molecular weight is 349 g/mol. The fourth-order valence-corrected chi connectivity index (χ4v) is 4.84. The molecule has 3 nitrogen and oxygen atoms in total. The van der Waals surface area contributed by atoms with Crippen LogP contribution in [-0.2, 0) is 4.79 Å². The van der Waals surface area contributed by atoms with Crippen LogP contribution in [0.3, 0.4) is 0 Å². The van der Waals surface area contributed by atoms with Crippen molar-refractivity contribution in [2.75, 3.05) is 0 Å². The molecule has 1 aromatic carbocycles. The summed E-state index contributed by atoms with van der Waals surface area (Å²) in [4.78, 5) is 12.9. The van der Waals surface area contributed by atoms with Crippen LogP contribution < -0.4 is 11.1 Å². The van der Waals surface area contributed by atoms with Crippen LogP contribution in [0.1, 0.15) is 56.6 Å². The van der Waals surface area contributed by atoms with Crippen LogP contribution in [0.25, 0.3) is 0 Å². The van der Waals surface area contributed by atoms with Crippen molar-refractivity contribution >= 4 is 18.3 Å².